The molecular weight excluding hydrogens is 647 g/mol. The Balaban J connectivity index is 0.00000100. The average Bonchev–Trinajstić information content (AvgIpc) is 3.86. The number of hydrogen-bond acceptors (Lipinski definition) is 4. The number of halogens is 3. The number of nitrogens with one attached hydrogen (secondary N) is 2. The van der Waals surface area contributed by atoms with Crippen LogP contribution in [0.2, 0.25) is 0 Å². The van der Waals surface area contributed by atoms with Gasteiger partial charge in [-0.25, -0.2) is 4.99 Å². The Bertz CT molecular complexity index is 1280. The number of carbonyl (C=O) groups excluding carboxylic acids is 1. The van der Waals surface area contributed by atoms with E-state index in [1.54, 1.807) is 13.0 Å². The minimum atomic E-state index is -4.57. The first-order chi connectivity index (χ1) is 24.2. The average molecular weight is 718 g/mol. The summed E-state index contributed by atoms with van der Waals surface area (Å²) in [7, 11) is 2.17. The van der Waals surface area contributed by atoms with Crippen molar-refractivity contribution in [2.45, 2.75) is 145 Å². The second-order valence-electron chi connectivity index (χ2n) is 15.1. The molecule has 1 aromatic rings. The maximum absolute atomic E-state index is 14.4. The maximum atomic E-state index is 14.4. The molecule has 51 heavy (non-hydrogen) atoms. The van der Waals surface area contributed by atoms with Crippen molar-refractivity contribution in [3.8, 4) is 0 Å². The number of amides is 1. The minimum Gasteiger partial charge on any atom is -0.384 e. The van der Waals surface area contributed by atoms with Crippen LogP contribution in [0, 0.1) is 11.3 Å². The van der Waals surface area contributed by atoms with E-state index in [9.17, 15) is 18.0 Å². The third-order valence-electron chi connectivity index (χ3n) is 10.3. The first-order valence-electron chi connectivity index (χ1n) is 19.8. The summed E-state index contributed by atoms with van der Waals surface area (Å²) in [5.74, 6) is 1.60. The highest BCUT2D eigenvalue weighted by molar-refractivity contribution is 5.94. The lowest BCUT2D eigenvalue weighted by Gasteiger charge is -2.31. The summed E-state index contributed by atoms with van der Waals surface area (Å²) in [5.41, 5.74) is 2.34. The number of unbranched alkanes of at least 4 members (excludes halogenated alkanes) is 1. The predicted octanol–water partition coefficient (Wildman–Crippen LogP) is 10.9. The van der Waals surface area contributed by atoms with E-state index < -0.39 is 11.7 Å². The summed E-state index contributed by atoms with van der Waals surface area (Å²) in [5, 5.41) is 6.39. The van der Waals surface area contributed by atoms with Gasteiger partial charge in [-0.1, -0.05) is 79.5 Å². The van der Waals surface area contributed by atoms with Crippen LogP contribution in [-0.2, 0) is 11.2 Å². The predicted molar refractivity (Wildman–Crippen MR) is 210 cm³/mol. The molecule has 1 saturated heterocycles. The summed E-state index contributed by atoms with van der Waals surface area (Å²) in [4.78, 5) is 21.4. The molecule has 3 rings (SSSR count). The summed E-state index contributed by atoms with van der Waals surface area (Å²) < 4.78 is 43.3. The Morgan fingerprint density at radius 3 is 2.35 bits per heavy atom. The Labute approximate surface area is 308 Å². The van der Waals surface area contributed by atoms with Gasteiger partial charge in [0, 0.05) is 49.1 Å². The number of amidine groups is 1. The lowest BCUT2D eigenvalue weighted by Crippen LogP contribution is -2.41. The number of aliphatic imine (C=N–C) groups is 1. The highest BCUT2D eigenvalue weighted by atomic mass is 19.4. The zero-order valence-corrected chi connectivity index (χ0v) is 33.4. The number of allylic oxidation sites excluding steroid dienone is 2. The molecule has 1 saturated carbocycles. The fourth-order valence-corrected chi connectivity index (χ4v) is 6.52. The van der Waals surface area contributed by atoms with Crippen molar-refractivity contribution in [1.82, 2.24) is 15.1 Å². The third kappa shape index (κ3) is 15.8. The molecule has 9 heteroatoms. The second-order valence-corrected chi connectivity index (χ2v) is 15.1. The zero-order valence-electron chi connectivity index (χ0n) is 33.4. The van der Waals surface area contributed by atoms with Crippen molar-refractivity contribution in [2.24, 2.45) is 16.3 Å². The molecule has 1 aromatic carbocycles. The van der Waals surface area contributed by atoms with Crippen LogP contribution in [0.25, 0.3) is 0 Å². The van der Waals surface area contributed by atoms with Crippen LogP contribution in [-0.4, -0.2) is 67.5 Å². The number of likely N-dealkylation sites (tertiary alicyclic amines) is 1. The molecule has 2 N–H and O–H groups in total. The van der Waals surface area contributed by atoms with Crippen molar-refractivity contribution >= 4 is 17.4 Å². The molecule has 0 radical (unpaired) electrons. The Morgan fingerprint density at radius 1 is 1.10 bits per heavy atom. The minimum absolute atomic E-state index is 0.0666. The number of anilines is 1. The molecule has 2 aliphatic rings. The normalized spacial score (nSPS) is 19.2. The number of carbonyl (C=O) groups is 1. The van der Waals surface area contributed by atoms with Crippen molar-refractivity contribution < 1.29 is 18.0 Å². The van der Waals surface area contributed by atoms with Gasteiger partial charge in [-0.15, -0.1) is 0 Å². The molecule has 1 heterocycles. The molecule has 2 fully saturated rings. The van der Waals surface area contributed by atoms with E-state index in [4.69, 9.17) is 0 Å². The SMILES string of the molecule is CCC/C=C(NCC1(CN2CCC(C)CCCC2=O)CC1)/C(=C\N=C(C)Nc1ccc(C(C)CC)cc1CC)C(F)(F)F.CCCN(C)CCC. The second kappa shape index (κ2) is 22.3. The topological polar surface area (TPSA) is 60.0 Å². The number of nitrogens with zero attached hydrogens (tertiary/aromatic N) is 3. The van der Waals surface area contributed by atoms with Gasteiger partial charge in [0.05, 0.1) is 5.57 Å². The van der Waals surface area contributed by atoms with E-state index in [0.717, 1.165) is 75.4 Å². The van der Waals surface area contributed by atoms with Gasteiger partial charge in [0.25, 0.3) is 0 Å². The molecule has 0 bridgehead atoms. The number of aryl methyl sites for hydroxylation is 1. The lowest BCUT2D eigenvalue weighted by atomic mass is 9.95. The van der Waals surface area contributed by atoms with Gasteiger partial charge >= 0.3 is 6.18 Å². The van der Waals surface area contributed by atoms with Gasteiger partial charge in [-0.3, -0.25) is 4.79 Å². The number of alkyl halides is 3. The highest BCUT2D eigenvalue weighted by Crippen LogP contribution is 2.46. The number of rotatable bonds is 17. The molecule has 1 aliphatic carbocycles. The molecule has 1 aliphatic heterocycles. The van der Waals surface area contributed by atoms with Crippen LogP contribution in [0.4, 0.5) is 18.9 Å². The number of benzene rings is 1. The first-order valence-corrected chi connectivity index (χ1v) is 19.8. The van der Waals surface area contributed by atoms with E-state index in [1.165, 1.54) is 31.5 Å². The largest absolute Gasteiger partial charge is 0.419 e. The molecular formula is C42H70F3N5O. The van der Waals surface area contributed by atoms with Crippen LogP contribution in [0.3, 0.4) is 0 Å². The van der Waals surface area contributed by atoms with Crippen LogP contribution in [0.1, 0.15) is 143 Å². The number of hydrogen-bond donors (Lipinski definition) is 2. The Morgan fingerprint density at radius 2 is 1.78 bits per heavy atom. The quantitative estimate of drug-likeness (QED) is 0.0957. The van der Waals surface area contributed by atoms with Crippen LogP contribution >= 0.6 is 0 Å². The van der Waals surface area contributed by atoms with E-state index in [-0.39, 0.29) is 17.0 Å². The molecule has 2 atom stereocenters. The lowest BCUT2D eigenvalue weighted by molar-refractivity contribution is -0.133. The van der Waals surface area contributed by atoms with Crippen molar-refractivity contribution in [3.05, 3.63) is 52.9 Å². The third-order valence-corrected chi connectivity index (χ3v) is 10.3. The Kier molecular flexibility index (Phi) is 19.4. The van der Waals surface area contributed by atoms with Crippen molar-refractivity contribution in [2.75, 3.05) is 45.1 Å². The molecule has 0 aromatic heterocycles. The Hall–Kier alpha value is -2.81. The van der Waals surface area contributed by atoms with Crippen LogP contribution < -0.4 is 10.6 Å². The first kappa shape index (κ1) is 44.4. The standard InChI is InChI=1S/C35H53F3N4O.C7H17N/c1-7-10-13-32(40-23-34(18-19-34)24-42-20-17-25(4)12-11-14-33(42)43)30(35(36,37)38)22-39-27(6)41-31-16-15-29(26(5)8-2)21-28(31)9-3;1-4-6-8(3)7-5-2/h13,15-16,21-22,25-26,40H,7-12,14,17-20,23-24H2,1-6H3,(H,39,41);4-7H2,1-3H3/b30-22+,32-13-;. The molecule has 2 unspecified atom stereocenters. The van der Waals surface area contributed by atoms with Crippen LogP contribution in [0.5, 0.6) is 0 Å². The zero-order chi connectivity index (χ0) is 38.0. The van der Waals surface area contributed by atoms with E-state index >= 15 is 0 Å². The van der Waals surface area contributed by atoms with Crippen LogP contribution in [0.15, 0.2) is 46.7 Å². The highest BCUT2D eigenvalue weighted by Gasteiger charge is 2.45. The van der Waals surface area contributed by atoms with Gasteiger partial charge in [-0.05, 0) is 114 Å². The summed E-state index contributed by atoms with van der Waals surface area (Å²) in [6.45, 7) is 20.9. The van der Waals surface area contributed by atoms with E-state index in [0.29, 0.717) is 43.6 Å². The maximum Gasteiger partial charge on any atom is 0.419 e. The van der Waals surface area contributed by atoms with Gasteiger partial charge < -0.3 is 20.4 Å². The summed E-state index contributed by atoms with van der Waals surface area (Å²) in [6.07, 6.45) is 8.99. The van der Waals surface area contributed by atoms with Gasteiger partial charge in [0.15, 0.2) is 0 Å². The van der Waals surface area contributed by atoms with Gasteiger partial charge in [0.2, 0.25) is 5.91 Å². The molecule has 6 nitrogen and oxygen atoms in total. The molecule has 0 spiro atoms. The van der Waals surface area contributed by atoms with Gasteiger partial charge in [0.1, 0.15) is 5.84 Å². The van der Waals surface area contributed by atoms with E-state index in [2.05, 4.69) is 81.2 Å². The fourth-order valence-electron chi connectivity index (χ4n) is 6.52. The molecule has 1 amide bonds. The smallest absolute Gasteiger partial charge is 0.384 e. The van der Waals surface area contributed by atoms with Gasteiger partial charge in [-0.2, -0.15) is 13.2 Å². The van der Waals surface area contributed by atoms with E-state index in [1.807, 2.05) is 17.9 Å². The summed E-state index contributed by atoms with van der Waals surface area (Å²) in [6, 6.07) is 6.24. The fraction of sp³-hybridized carbons (Fsp3) is 0.714. The molecule has 290 valence electrons. The summed E-state index contributed by atoms with van der Waals surface area (Å²) >= 11 is 0. The monoisotopic (exact) mass is 718 g/mol. The van der Waals surface area contributed by atoms with Crippen molar-refractivity contribution in [1.29, 1.82) is 0 Å². The van der Waals surface area contributed by atoms with Crippen molar-refractivity contribution in [3.63, 3.8) is 0 Å².